The number of hydrogen-bond donors (Lipinski definition) is 2. The van der Waals surface area contributed by atoms with Crippen LogP contribution in [0.15, 0.2) is 42.5 Å². The Bertz CT molecular complexity index is 671. The van der Waals surface area contributed by atoms with Gasteiger partial charge in [0.15, 0.2) is 0 Å². The van der Waals surface area contributed by atoms with Crippen LogP contribution in [0.2, 0.25) is 0 Å². The first kappa shape index (κ1) is 11.5. The molecule has 5 nitrogen and oxygen atoms in total. The highest BCUT2D eigenvalue weighted by Crippen LogP contribution is 2.27. The molecule has 1 amide bonds. The lowest BCUT2D eigenvalue weighted by molar-refractivity contribution is -0.116. The molecule has 1 aliphatic rings. The molecule has 0 radical (unpaired) electrons. The van der Waals surface area contributed by atoms with E-state index in [-0.39, 0.29) is 5.91 Å². The van der Waals surface area contributed by atoms with Gasteiger partial charge in [-0.05, 0) is 30.2 Å². The number of nitrogen functional groups attached to an aromatic ring is 1. The summed E-state index contributed by atoms with van der Waals surface area (Å²) in [5, 5.41) is 2.81. The van der Waals surface area contributed by atoms with Crippen molar-refractivity contribution >= 4 is 17.2 Å². The van der Waals surface area contributed by atoms with Crippen LogP contribution in [0.5, 0.6) is 0 Å². The number of nitrogens with one attached hydrogen (secondary N) is 1. The highest BCUT2D eigenvalue weighted by Gasteiger charge is 2.20. The smallest absolute Gasteiger partial charge is 0.247 e. The maximum Gasteiger partial charge on any atom is 0.247 e. The van der Waals surface area contributed by atoms with Crippen LogP contribution in [0.3, 0.4) is 0 Å². The number of carbonyl (C=O) groups excluding carboxylic acids is 1. The summed E-state index contributed by atoms with van der Waals surface area (Å²) in [6, 6.07) is 5.81. The average molecular weight is 254 g/mol. The van der Waals surface area contributed by atoms with E-state index in [1.807, 2.05) is 35.9 Å². The van der Waals surface area contributed by atoms with Crippen molar-refractivity contribution in [3.8, 4) is 5.69 Å². The van der Waals surface area contributed by atoms with Gasteiger partial charge in [-0.2, -0.15) is 0 Å². The lowest BCUT2D eigenvalue weighted by atomic mass is 10.0. The Balaban J connectivity index is 2.03. The first-order valence-electron chi connectivity index (χ1n) is 6.03. The zero-order chi connectivity index (χ0) is 13.4. The van der Waals surface area contributed by atoms with Gasteiger partial charge in [0, 0.05) is 24.5 Å². The van der Waals surface area contributed by atoms with Gasteiger partial charge in [0.25, 0.3) is 0 Å². The van der Waals surface area contributed by atoms with Crippen LogP contribution in [0.1, 0.15) is 12.5 Å². The van der Waals surface area contributed by atoms with Crippen molar-refractivity contribution in [2.24, 2.45) is 0 Å². The van der Waals surface area contributed by atoms with Gasteiger partial charge in [-0.25, -0.2) is 4.98 Å². The van der Waals surface area contributed by atoms with Gasteiger partial charge in [0.05, 0.1) is 17.7 Å². The molecule has 0 bridgehead atoms. The van der Waals surface area contributed by atoms with E-state index in [2.05, 4.69) is 10.3 Å². The van der Waals surface area contributed by atoms with E-state index < -0.39 is 0 Å². The fourth-order valence-corrected chi connectivity index (χ4v) is 2.27. The summed E-state index contributed by atoms with van der Waals surface area (Å²) < 4.78 is 1.86. The summed E-state index contributed by atoms with van der Waals surface area (Å²) in [5.74, 6) is -0.00717. The Hall–Kier alpha value is -2.56. The quantitative estimate of drug-likeness (QED) is 0.795. The second kappa shape index (κ2) is 4.28. The molecule has 0 unspecified atom stereocenters. The van der Waals surface area contributed by atoms with Gasteiger partial charge < -0.3 is 15.6 Å². The summed E-state index contributed by atoms with van der Waals surface area (Å²) in [7, 11) is 0. The monoisotopic (exact) mass is 254 g/mol. The summed E-state index contributed by atoms with van der Waals surface area (Å²) in [6.07, 6.45) is 5.26. The van der Waals surface area contributed by atoms with Crippen molar-refractivity contribution in [2.45, 2.75) is 6.92 Å². The van der Waals surface area contributed by atoms with Crippen molar-refractivity contribution in [1.29, 1.82) is 0 Å². The molecule has 3 N–H and O–H groups in total. The van der Waals surface area contributed by atoms with Gasteiger partial charge >= 0.3 is 0 Å². The zero-order valence-electron chi connectivity index (χ0n) is 10.6. The molecule has 0 saturated heterocycles. The largest absolute Gasteiger partial charge is 0.397 e. The second-order valence-corrected chi connectivity index (χ2v) is 4.53. The number of aromatic nitrogens is 2. The molecule has 1 aromatic carbocycles. The van der Waals surface area contributed by atoms with Crippen LogP contribution < -0.4 is 11.1 Å². The third kappa shape index (κ3) is 1.89. The molecule has 2 heterocycles. The van der Waals surface area contributed by atoms with Crippen LogP contribution >= 0.6 is 0 Å². The summed E-state index contributed by atoms with van der Waals surface area (Å²) >= 11 is 0. The van der Waals surface area contributed by atoms with Crippen molar-refractivity contribution in [3.63, 3.8) is 0 Å². The van der Waals surface area contributed by atoms with E-state index in [1.165, 1.54) is 0 Å². The number of rotatable bonds is 2. The highest BCUT2D eigenvalue weighted by atomic mass is 16.1. The van der Waals surface area contributed by atoms with Crippen molar-refractivity contribution in [2.75, 3.05) is 12.3 Å². The molecule has 2 aromatic rings. The Morgan fingerprint density at radius 2 is 2.26 bits per heavy atom. The molecule has 0 fully saturated rings. The fourth-order valence-electron chi connectivity index (χ4n) is 2.27. The number of nitrogens with two attached hydrogens (primary N) is 1. The molecule has 96 valence electrons. The number of carbonyl (C=O) groups is 1. The van der Waals surface area contributed by atoms with E-state index in [0.29, 0.717) is 12.2 Å². The number of nitrogens with zero attached hydrogens (tertiary/aromatic N) is 2. The van der Waals surface area contributed by atoms with Gasteiger partial charge in [0.2, 0.25) is 5.91 Å². The Morgan fingerprint density at radius 1 is 1.42 bits per heavy atom. The van der Waals surface area contributed by atoms with Gasteiger partial charge in [-0.3, -0.25) is 4.79 Å². The third-order valence-corrected chi connectivity index (χ3v) is 3.38. The van der Waals surface area contributed by atoms with Crippen LogP contribution in [0.4, 0.5) is 5.69 Å². The molecule has 1 aliphatic heterocycles. The van der Waals surface area contributed by atoms with E-state index in [0.717, 1.165) is 22.4 Å². The Kier molecular flexibility index (Phi) is 2.59. The zero-order valence-corrected chi connectivity index (χ0v) is 10.6. The molecule has 19 heavy (non-hydrogen) atoms. The molecule has 0 atom stereocenters. The first-order valence-corrected chi connectivity index (χ1v) is 6.03. The maximum atomic E-state index is 11.5. The van der Waals surface area contributed by atoms with E-state index in [9.17, 15) is 4.79 Å². The molecule has 1 aromatic heterocycles. The minimum Gasteiger partial charge on any atom is -0.397 e. The molecule has 0 aliphatic carbocycles. The minimum absolute atomic E-state index is 0.00717. The standard InChI is InChI=1S/C14H14N4O/c1-9-11(7-17-14(9)19)10-2-3-13(12(15)6-10)18-5-4-16-8-18/h2-6,8H,7,15H2,1H3,(H,17,19). The van der Waals surface area contributed by atoms with Gasteiger partial charge in [-0.1, -0.05) is 6.07 Å². The van der Waals surface area contributed by atoms with Gasteiger partial charge in [-0.15, -0.1) is 0 Å². The first-order chi connectivity index (χ1) is 9.16. The Morgan fingerprint density at radius 3 is 2.84 bits per heavy atom. The van der Waals surface area contributed by atoms with Crippen LogP contribution in [-0.4, -0.2) is 22.0 Å². The predicted molar refractivity (Wildman–Crippen MR) is 73.6 cm³/mol. The predicted octanol–water partition coefficient (Wildman–Crippen LogP) is 1.36. The highest BCUT2D eigenvalue weighted by molar-refractivity contribution is 6.05. The lowest BCUT2D eigenvalue weighted by Crippen LogP contribution is -2.16. The SMILES string of the molecule is CC1=C(c2ccc(-n3ccnc3)c(N)c2)CNC1=O. The molecule has 5 heteroatoms. The van der Waals surface area contributed by atoms with Crippen LogP contribution in [-0.2, 0) is 4.79 Å². The fraction of sp³-hybridized carbons (Fsp3) is 0.143. The normalized spacial score (nSPS) is 14.9. The average Bonchev–Trinajstić information content (AvgIpc) is 3.01. The summed E-state index contributed by atoms with van der Waals surface area (Å²) in [6.45, 7) is 2.40. The summed E-state index contributed by atoms with van der Waals surface area (Å²) in [5.41, 5.74) is 10.4. The maximum absolute atomic E-state index is 11.5. The van der Waals surface area contributed by atoms with Crippen molar-refractivity contribution < 1.29 is 4.79 Å². The topological polar surface area (TPSA) is 72.9 Å². The number of hydrogen-bond acceptors (Lipinski definition) is 3. The van der Waals surface area contributed by atoms with Gasteiger partial charge in [0.1, 0.15) is 0 Å². The minimum atomic E-state index is -0.00717. The number of anilines is 1. The molecular formula is C14H14N4O. The molecular weight excluding hydrogens is 240 g/mol. The molecule has 0 saturated carbocycles. The number of imidazole rings is 1. The lowest BCUT2D eigenvalue weighted by Gasteiger charge is -2.09. The third-order valence-electron chi connectivity index (χ3n) is 3.38. The molecule has 0 spiro atoms. The van der Waals surface area contributed by atoms with Crippen LogP contribution in [0, 0.1) is 0 Å². The van der Waals surface area contributed by atoms with Crippen molar-refractivity contribution in [1.82, 2.24) is 14.9 Å². The van der Waals surface area contributed by atoms with Crippen molar-refractivity contribution in [3.05, 3.63) is 48.1 Å². The van der Waals surface area contributed by atoms with Crippen LogP contribution in [0.25, 0.3) is 11.3 Å². The number of benzene rings is 1. The van der Waals surface area contributed by atoms with E-state index >= 15 is 0 Å². The van der Waals surface area contributed by atoms with E-state index in [4.69, 9.17) is 5.73 Å². The Labute approximate surface area is 110 Å². The van der Waals surface area contributed by atoms with E-state index in [1.54, 1.807) is 12.5 Å². The summed E-state index contributed by atoms with van der Waals surface area (Å²) in [4.78, 5) is 15.5. The second-order valence-electron chi connectivity index (χ2n) is 4.53. The molecule has 3 rings (SSSR count). The number of amides is 1.